The van der Waals surface area contributed by atoms with Crippen LogP contribution in [0.25, 0.3) is 11.3 Å². The Hall–Kier alpha value is -2.91. The van der Waals surface area contributed by atoms with Gasteiger partial charge in [0.15, 0.2) is 5.13 Å². The Morgan fingerprint density at radius 2 is 2.03 bits per heavy atom. The lowest BCUT2D eigenvalue weighted by atomic mass is 10.1. The molecule has 30 heavy (non-hydrogen) atoms. The normalized spacial score (nSPS) is 13.2. The van der Waals surface area contributed by atoms with Crippen molar-refractivity contribution < 1.29 is 17.9 Å². The van der Waals surface area contributed by atoms with E-state index in [0.29, 0.717) is 29.4 Å². The minimum Gasteiger partial charge on any atom is -0.497 e. The molecule has 9 heteroatoms. The molecule has 2 heterocycles. The maximum absolute atomic E-state index is 12.6. The average molecular weight is 444 g/mol. The fraction of sp³-hybridized carbons (Fsp3) is 0.238. The van der Waals surface area contributed by atoms with Gasteiger partial charge in [-0.3, -0.25) is 14.4 Å². The van der Waals surface area contributed by atoms with Gasteiger partial charge in [0, 0.05) is 22.5 Å². The highest BCUT2D eigenvalue weighted by molar-refractivity contribution is 7.92. The van der Waals surface area contributed by atoms with E-state index in [9.17, 15) is 13.2 Å². The van der Waals surface area contributed by atoms with E-state index in [2.05, 4.69) is 10.3 Å². The average Bonchev–Trinajstić information content (AvgIpc) is 3.30. The molecule has 0 spiro atoms. The summed E-state index contributed by atoms with van der Waals surface area (Å²) in [4.78, 5) is 18.1. The van der Waals surface area contributed by atoms with Crippen molar-refractivity contribution in [2.75, 3.05) is 29.5 Å². The summed E-state index contributed by atoms with van der Waals surface area (Å²) in [5.41, 5.74) is 3.87. The van der Waals surface area contributed by atoms with Gasteiger partial charge < -0.3 is 4.74 Å². The van der Waals surface area contributed by atoms with Gasteiger partial charge in [-0.2, -0.15) is 0 Å². The highest BCUT2D eigenvalue weighted by atomic mass is 32.2. The number of hydrogen-bond acceptors (Lipinski definition) is 6. The predicted molar refractivity (Wildman–Crippen MR) is 119 cm³/mol. The summed E-state index contributed by atoms with van der Waals surface area (Å²) in [7, 11) is -1.72. The Kier molecular flexibility index (Phi) is 5.25. The molecule has 1 aliphatic rings. The zero-order valence-corrected chi connectivity index (χ0v) is 18.4. The van der Waals surface area contributed by atoms with Crippen LogP contribution in [-0.4, -0.2) is 39.2 Å². The number of fused-ring (bicyclic) bond motifs is 1. The zero-order chi connectivity index (χ0) is 21.5. The lowest BCUT2D eigenvalue weighted by Crippen LogP contribution is -2.27. The standard InChI is InChI=1S/C21H21N3O4S2/c1-13-19(15-7-8-18-14(11-15)9-10-24(18)30(3,26)27)22-21(29-13)23-20(25)16-5-4-6-17(12-16)28-2/h4-8,11-12H,9-10H2,1-3H3,(H,22,23,25). The van der Waals surface area contributed by atoms with E-state index in [1.165, 1.54) is 21.9 Å². The monoisotopic (exact) mass is 443 g/mol. The second-order valence-corrected chi connectivity index (χ2v) is 10.1. The van der Waals surface area contributed by atoms with Gasteiger partial charge in [-0.1, -0.05) is 12.1 Å². The molecule has 0 bridgehead atoms. The first kappa shape index (κ1) is 20.4. The number of amides is 1. The number of ether oxygens (including phenoxy) is 1. The van der Waals surface area contributed by atoms with E-state index >= 15 is 0 Å². The van der Waals surface area contributed by atoms with E-state index in [0.717, 1.165) is 27.4 Å². The number of nitrogens with zero attached hydrogens (tertiary/aromatic N) is 2. The Labute approximate surface area is 179 Å². The largest absolute Gasteiger partial charge is 0.497 e. The van der Waals surface area contributed by atoms with Gasteiger partial charge in [-0.05, 0) is 49.2 Å². The van der Waals surface area contributed by atoms with Crippen LogP contribution in [0.4, 0.5) is 10.8 Å². The van der Waals surface area contributed by atoms with Crippen molar-refractivity contribution >= 4 is 38.1 Å². The third kappa shape index (κ3) is 3.90. The number of anilines is 2. The molecule has 0 aliphatic carbocycles. The second-order valence-electron chi connectivity index (χ2n) is 7.04. The quantitative estimate of drug-likeness (QED) is 0.650. The lowest BCUT2D eigenvalue weighted by molar-refractivity contribution is 0.102. The number of sulfonamides is 1. The fourth-order valence-electron chi connectivity index (χ4n) is 3.51. The number of carbonyl (C=O) groups is 1. The molecular formula is C21H21N3O4S2. The third-order valence-electron chi connectivity index (χ3n) is 4.96. The summed E-state index contributed by atoms with van der Waals surface area (Å²) in [5.74, 6) is 0.354. The number of nitrogens with one attached hydrogen (secondary N) is 1. The van der Waals surface area contributed by atoms with E-state index in [1.807, 2.05) is 25.1 Å². The summed E-state index contributed by atoms with van der Waals surface area (Å²) in [6.45, 7) is 2.40. The van der Waals surface area contributed by atoms with E-state index in [1.54, 1.807) is 31.4 Å². The molecule has 1 amide bonds. The molecule has 3 aromatic rings. The van der Waals surface area contributed by atoms with Gasteiger partial charge in [0.2, 0.25) is 10.0 Å². The van der Waals surface area contributed by atoms with Crippen molar-refractivity contribution in [1.29, 1.82) is 0 Å². The lowest BCUT2D eigenvalue weighted by Gasteiger charge is -2.16. The first-order valence-corrected chi connectivity index (χ1v) is 12.0. The molecule has 0 radical (unpaired) electrons. The number of carbonyl (C=O) groups excluding carboxylic acids is 1. The van der Waals surface area contributed by atoms with Crippen LogP contribution in [0.5, 0.6) is 5.75 Å². The van der Waals surface area contributed by atoms with E-state index in [-0.39, 0.29) is 5.91 Å². The fourth-order valence-corrected chi connectivity index (χ4v) is 5.30. The zero-order valence-electron chi connectivity index (χ0n) is 16.8. The van der Waals surface area contributed by atoms with Crippen LogP contribution in [0.3, 0.4) is 0 Å². The van der Waals surface area contributed by atoms with Crippen LogP contribution in [0.1, 0.15) is 20.8 Å². The Morgan fingerprint density at radius 3 is 2.77 bits per heavy atom. The van der Waals surface area contributed by atoms with Gasteiger partial charge in [-0.25, -0.2) is 13.4 Å². The molecule has 156 valence electrons. The number of aryl methyl sites for hydroxylation is 1. The molecule has 4 rings (SSSR count). The summed E-state index contributed by atoms with van der Waals surface area (Å²) < 4.78 is 30.5. The van der Waals surface area contributed by atoms with E-state index < -0.39 is 10.0 Å². The van der Waals surface area contributed by atoms with Crippen LogP contribution in [-0.2, 0) is 16.4 Å². The van der Waals surface area contributed by atoms with Crippen LogP contribution in [0.15, 0.2) is 42.5 Å². The van der Waals surface area contributed by atoms with Crippen molar-refractivity contribution in [2.45, 2.75) is 13.3 Å². The van der Waals surface area contributed by atoms with Crippen molar-refractivity contribution in [3.63, 3.8) is 0 Å². The minimum absolute atomic E-state index is 0.257. The first-order valence-electron chi connectivity index (χ1n) is 9.30. The molecule has 0 saturated heterocycles. The van der Waals surface area contributed by atoms with Gasteiger partial charge >= 0.3 is 0 Å². The maximum Gasteiger partial charge on any atom is 0.257 e. The molecule has 0 atom stereocenters. The van der Waals surface area contributed by atoms with Crippen molar-refractivity contribution in [1.82, 2.24) is 4.98 Å². The minimum atomic E-state index is -3.28. The SMILES string of the molecule is COc1cccc(C(=O)Nc2nc(-c3ccc4c(c3)CCN4S(C)(=O)=O)c(C)s2)c1. The summed E-state index contributed by atoms with van der Waals surface area (Å²) in [6.07, 6.45) is 1.89. The van der Waals surface area contributed by atoms with Gasteiger partial charge in [0.05, 0.1) is 24.7 Å². The molecule has 7 nitrogen and oxygen atoms in total. The number of aromatic nitrogens is 1. The second kappa shape index (κ2) is 7.73. The first-order chi connectivity index (χ1) is 14.3. The van der Waals surface area contributed by atoms with E-state index in [4.69, 9.17) is 4.74 Å². The van der Waals surface area contributed by atoms with Gasteiger partial charge in [0.25, 0.3) is 5.91 Å². The van der Waals surface area contributed by atoms with Gasteiger partial charge in [0.1, 0.15) is 5.75 Å². The number of benzene rings is 2. The third-order valence-corrected chi connectivity index (χ3v) is 7.02. The van der Waals surface area contributed by atoms with Crippen LogP contribution < -0.4 is 14.4 Å². The molecule has 0 saturated carbocycles. The summed E-state index contributed by atoms with van der Waals surface area (Å²) in [5, 5.41) is 3.35. The van der Waals surface area contributed by atoms with Crippen LogP contribution in [0.2, 0.25) is 0 Å². The molecular weight excluding hydrogens is 422 g/mol. The Morgan fingerprint density at radius 1 is 1.23 bits per heavy atom. The molecule has 2 aromatic carbocycles. The van der Waals surface area contributed by atoms with Gasteiger partial charge in [-0.15, -0.1) is 11.3 Å². The highest BCUT2D eigenvalue weighted by Gasteiger charge is 2.26. The van der Waals surface area contributed by atoms with Crippen LogP contribution >= 0.6 is 11.3 Å². The molecule has 1 N–H and O–H groups in total. The topological polar surface area (TPSA) is 88.6 Å². The Bertz CT molecular complexity index is 1230. The smallest absolute Gasteiger partial charge is 0.257 e. The molecule has 1 aliphatic heterocycles. The summed E-state index contributed by atoms with van der Waals surface area (Å²) in [6, 6.07) is 12.6. The highest BCUT2D eigenvalue weighted by Crippen LogP contribution is 2.36. The number of rotatable bonds is 5. The molecule has 1 aromatic heterocycles. The van der Waals surface area contributed by atoms with Crippen LogP contribution in [0, 0.1) is 6.92 Å². The molecule has 0 fully saturated rings. The number of methoxy groups -OCH3 is 1. The summed E-state index contributed by atoms with van der Waals surface area (Å²) >= 11 is 1.40. The number of thiazole rings is 1. The van der Waals surface area contributed by atoms with Crippen molar-refractivity contribution in [2.24, 2.45) is 0 Å². The number of hydrogen-bond donors (Lipinski definition) is 1. The maximum atomic E-state index is 12.6. The predicted octanol–water partition coefficient (Wildman–Crippen LogP) is 3.70. The molecule has 0 unspecified atom stereocenters. The Balaban J connectivity index is 1.58. The van der Waals surface area contributed by atoms with Crippen molar-refractivity contribution in [3.05, 3.63) is 58.5 Å². The van der Waals surface area contributed by atoms with Crippen molar-refractivity contribution in [3.8, 4) is 17.0 Å².